The quantitative estimate of drug-likeness (QED) is 0.303. The molecule has 0 bridgehead atoms. The number of amides is 3. The second kappa shape index (κ2) is 10.7. The largest absolute Gasteiger partial charge is 0.484 e. The first kappa shape index (κ1) is 22.5. The highest BCUT2D eigenvalue weighted by Gasteiger charge is 2.14. The van der Waals surface area contributed by atoms with Crippen molar-refractivity contribution in [3.63, 3.8) is 0 Å². The number of hydrazone groups is 1. The van der Waals surface area contributed by atoms with Gasteiger partial charge in [0.05, 0.1) is 6.21 Å². The van der Waals surface area contributed by atoms with Gasteiger partial charge in [0.15, 0.2) is 6.61 Å². The average Bonchev–Trinajstić information content (AvgIpc) is 2.78. The lowest BCUT2D eigenvalue weighted by molar-refractivity contribution is -0.136. The molecule has 3 amide bonds. The first-order chi connectivity index (χ1) is 15.4. The molecule has 3 rings (SSSR count). The summed E-state index contributed by atoms with van der Waals surface area (Å²) in [6.07, 6.45) is 1.40. The Bertz CT molecular complexity index is 1130. The van der Waals surface area contributed by atoms with Gasteiger partial charge in [-0.3, -0.25) is 14.4 Å². The van der Waals surface area contributed by atoms with E-state index in [4.69, 9.17) is 4.74 Å². The molecule has 0 spiro atoms. The van der Waals surface area contributed by atoms with Gasteiger partial charge in [-0.25, -0.2) is 5.43 Å². The maximum absolute atomic E-state index is 12.2. The topological polar surface area (TPSA) is 109 Å². The van der Waals surface area contributed by atoms with E-state index in [1.165, 1.54) is 6.21 Å². The average molecular weight is 432 g/mol. The van der Waals surface area contributed by atoms with E-state index >= 15 is 0 Å². The van der Waals surface area contributed by atoms with Crippen LogP contribution in [0.1, 0.15) is 19.4 Å². The molecule has 0 unspecified atom stereocenters. The van der Waals surface area contributed by atoms with E-state index in [2.05, 4.69) is 21.2 Å². The maximum atomic E-state index is 12.2. The Kier molecular flexibility index (Phi) is 7.53. The molecule has 8 nitrogen and oxygen atoms in total. The van der Waals surface area contributed by atoms with E-state index in [9.17, 15) is 14.4 Å². The third-order valence-corrected chi connectivity index (χ3v) is 4.32. The van der Waals surface area contributed by atoms with Crippen LogP contribution in [0.25, 0.3) is 10.8 Å². The molecule has 0 aliphatic carbocycles. The molecule has 3 N–H and O–H groups in total. The first-order valence-corrected chi connectivity index (χ1v) is 10.1. The van der Waals surface area contributed by atoms with Crippen LogP contribution in [0.3, 0.4) is 0 Å². The molecular formula is C24H24N4O4. The monoisotopic (exact) mass is 432 g/mol. The Hall–Kier alpha value is -4.20. The molecule has 3 aromatic carbocycles. The van der Waals surface area contributed by atoms with Gasteiger partial charge in [0.1, 0.15) is 5.75 Å². The van der Waals surface area contributed by atoms with E-state index in [1.807, 2.05) is 44.2 Å². The minimum atomic E-state index is -0.884. The van der Waals surface area contributed by atoms with E-state index < -0.39 is 11.8 Å². The Morgan fingerprint density at radius 1 is 0.938 bits per heavy atom. The van der Waals surface area contributed by atoms with Crippen LogP contribution in [0.4, 0.5) is 5.69 Å². The van der Waals surface area contributed by atoms with Crippen LogP contribution in [0.2, 0.25) is 0 Å². The van der Waals surface area contributed by atoms with Crippen molar-refractivity contribution in [1.82, 2.24) is 10.7 Å². The smallest absolute Gasteiger partial charge is 0.329 e. The molecule has 0 aromatic heterocycles. The molecule has 0 aliphatic rings. The van der Waals surface area contributed by atoms with E-state index in [0.717, 1.165) is 10.8 Å². The number of nitrogens with one attached hydrogen (secondary N) is 3. The van der Waals surface area contributed by atoms with Crippen LogP contribution >= 0.6 is 0 Å². The molecule has 3 aromatic rings. The Morgan fingerprint density at radius 3 is 2.41 bits per heavy atom. The van der Waals surface area contributed by atoms with Gasteiger partial charge in [-0.05, 0) is 55.1 Å². The van der Waals surface area contributed by atoms with Crippen LogP contribution < -0.4 is 20.8 Å². The standard InChI is InChI=1S/C24H24N4O4/c1-16(2)26-22(29)15-32-19-12-10-17(11-13-19)14-25-28-24(31)23(30)27-21-9-5-7-18-6-3-4-8-20(18)21/h3-14,16H,15H2,1-2H3,(H,26,29)(H,27,30)(H,28,31)/b25-14-. The van der Waals surface area contributed by atoms with E-state index in [0.29, 0.717) is 17.0 Å². The maximum Gasteiger partial charge on any atom is 0.329 e. The number of fused-ring (bicyclic) bond motifs is 1. The van der Waals surface area contributed by atoms with Crippen LogP contribution in [0, 0.1) is 0 Å². The van der Waals surface area contributed by atoms with Crippen LogP contribution in [-0.2, 0) is 14.4 Å². The Morgan fingerprint density at radius 2 is 1.66 bits per heavy atom. The zero-order valence-corrected chi connectivity index (χ0v) is 17.8. The van der Waals surface area contributed by atoms with Crippen molar-refractivity contribution in [2.75, 3.05) is 11.9 Å². The summed E-state index contributed by atoms with van der Waals surface area (Å²) in [4.78, 5) is 35.9. The first-order valence-electron chi connectivity index (χ1n) is 10.1. The van der Waals surface area contributed by atoms with Gasteiger partial charge in [0, 0.05) is 17.1 Å². The van der Waals surface area contributed by atoms with Gasteiger partial charge in [-0.15, -0.1) is 0 Å². The summed E-state index contributed by atoms with van der Waals surface area (Å²) in [5, 5.41) is 10.9. The molecule has 164 valence electrons. The minimum absolute atomic E-state index is 0.0500. The lowest BCUT2D eigenvalue weighted by Crippen LogP contribution is -2.34. The highest BCUT2D eigenvalue weighted by molar-refractivity contribution is 6.40. The van der Waals surface area contributed by atoms with Crippen molar-refractivity contribution in [1.29, 1.82) is 0 Å². The van der Waals surface area contributed by atoms with Gasteiger partial charge in [-0.1, -0.05) is 36.4 Å². The third-order valence-electron chi connectivity index (χ3n) is 4.32. The number of ether oxygens (including phenoxy) is 1. The van der Waals surface area contributed by atoms with Gasteiger partial charge < -0.3 is 15.4 Å². The van der Waals surface area contributed by atoms with Gasteiger partial charge in [0.2, 0.25) is 0 Å². The van der Waals surface area contributed by atoms with Gasteiger partial charge in [-0.2, -0.15) is 5.10 Å². The Balaban J connectivity index is 1.50. The lowest BCUT2D eigenvalue weighted by atomic mass is 10.1. The number of anilines is 1. The number of hydrogen-bond acceptors (Lipinski definition) is 5. The number of carbonyl (C=O) groups excluding carboxylic acids is 3. The fraction of sp³-hybridized carbons (Fsp3) is 0.167. The van der Waals surface area contributed by atoms with E-state index in [1.54, 1.807) is 36.4 Å². The molecule has 0 aliphatic heterocycles. The molecule has 0 fully saturated rings. The molecular weight excluding hydrogens is 408 g/mol. The SMILES string of the molecule is CC(C)NC(=O)COc1ccc(/C=N\NC(=O)C(=O)Nc2cccc3ccccc23)cc1. The van der Waals surface area contributed by atoms with Crippen molar-refractivity contribution in [2.45, 2.75) is 19.9 Å². The summed E-state index contributed by atoms with van der Waals surface area (Å²) >= 11 is 0. The fourth-order valence-corrected chi connectivity index (χ4v) is 2.89. The van der Waals surface area contributed by atoms with Crippen LogP contribution in [-0.4, -0.2) is 36.6 Å². The molecule has 0 saturated heterocycles. The predicted octanol–water partition coefficient (Wildman–Crippen LogP) is 2.83. The molecule has 0 saturated carbocycles. The second-order valence-electron chi connectivity index (χ2n) is 7.26. The third kappa shape index (κ3) is 6.40. The van der Waals surface area contributed by atoms with Crippen LogP contribution in [0.15, 0.2) is 71.8 Å². The van der Waals surface area contributed by atoms with Crippen molar-refractivity contribution in [3.8, 4) is 5.75 Å². The normalized spacial score (nSPS) is 10.8. The van der Waals surface area contributed by atoms with Crippen molar-refractivity contribution in [3.05, 3.63) is 72.3 Å². The van der Waals surface area contributed by atoms with Crippen LogP contribution in [0.5, 0.6) is 5.75 Å². The summed E-state index contributed by atoms with van der Waals surface area (Å²) in [6.45, 7) is 3.67. The highest BCUT2D eigenvalue weighted by atomic mass is 16.5. The Labute approximate surface area is 185 Å². The highest BCUT2D eigenvalue weighted by Crippen LogP contribution is 2.22. The van der Waals surface area contributed by atoms with E-state index in [-0.39, 0.29) is 18.6 Å². The second-order valence-corrected chi connectivity index (χ2v) is 7.26. The summed E-state index contributed by atoms with van der Waals surface area (Å²) in [7, 11) is 0. The number of benzene rings is 3. The zero-order valence-electron chi connectivity index (χ0n) is 17.8. The van der Waals surface area contributed by atoms with Gasteiger partial charge >= 0.3 is 11.8 Å². The summed E-state index contributed by atoms with van der Waals surface area (Å²) in [5.41, 5.74) is 3.43. The van der Waals surface area contributed by atoms with Crippen molar-refractivity contribution >= 4 is 40.4 Å². The molecule has 0 radical (unpaired) electrons. The van der Waals surface area contributed by atoms with Crippen molar-refractivity contribution < 1.29 is 19.1 Å². The number of nitrogens with zero attached hydrogens (tertiary/aromatic N) is 1. The number of rotatable bonds is 7. The molecule has 0 atom stereocenters. The summed E-state index contributed by atoms with van der Waals surface area (Å²) in [5.74, 6) is -1.37. The lowest BCUT2D eigenvalue weighted by Gasteiger charge is -2.09. The van der Waals surface area contributed by atoms with Crippen molar-refractivity contribution in [2.24, 2.45) is 5.10 Å². The summed E-state index contributed by atoms with van der Waals surface area (Å²) < 4.78 is 5.41. The summed E-state index contributed by atoms with van der Waals surface area (Å²) in [6, 6.07) is 19.8. The predicted molar refractivity (Wildman–Crippen MR) is 124 cm³/mol. The number of carbonyl (C=O) groups is 3. The zero-order chi connectivity index (χ0) is 22.9. The fourth-order valence-electron chi connectivity index (χ4n) is 2.89. The molecule has 8 heteroatoms. The molecule has 32 heavy (non-hydrogen) atoms. The minimum Gasteiger partial charge on any atom is -0.484 e. The molecule has 0 heterocycles. The number of hydrogen-bond donors (Lipinski definition) is 3. The van der Waals surface area contributed by atoms with Gasteiger partial charge in [0.25, 0.3) is 5.91 Å².